The minimum Gasteiger partial charge on any atom is -0.450 e. The maximum atomic E-state index is 13.5. The van der Waals surface area contributed by atoms with Crippen molar-refractivity contribution in [3.05, 3.63) is 111 Å². The lowest BCUT2D eigenvalue weighted by Gasteiger charge is -2.26. The Hall–Kier alpha value is -3.87. The van der Waals surface area contributed by atoms with E-state index in [0.29, 0.717) is 10.9 Å². The topological polar surface area (TPSA) is 50.5 Å². The maximum absolute atomic E-state index is 13.5. The first kappa shape index (κ1) is 21.0. The van der Waals surface area contributed by atoms with Crippen LogP contribution in [0.25, 0.3) is 11.0 Å². The molecule has 3 aromatic carbocycles. The van der Waals surface area contributed by atoms with E-state index in [-0.39, 0.29) is 28.0 Å². The number of hydrogen-bond acceptors (Lipinski definition) is 3. The Kier molecular flexibility index (Phi) is 4.85. The molecule has 1 aromatic heterocycles. The van der Waals surface area contributed by atoms with Gasteiger partial charge in [0, 0.05) is 5.69 Å². The predicted molar refractivity (Wildman–Crippen MR) is 118 cm³/mol. The van der Waals surface area contributed by atoms with Crippen LogP contribution in [0.1, 0.15) is 45.8 Å². The summed E-state index contributed by atoms with van der Waals surface area (Å²) in [6.07, 6.45) is -3.78. The molecule has 0 radical (unpaired) electrons. The molecule has 0 fully saturated rings. The van der Waals surface area contributed by atoms with E-state index < -0.39 is 23.7 Å². The molecule has 1 atom stereocenters. The third-order valence-electron chi connectivity index (χ3n) is 5.93. The second kappa shape index (κ2) is 7.62. The fraction of sp³-hybridized carbons (Fsp3) is 0.154. The summed E-state index contributed by atoms with van der Waals surface area (Å²) in [5.41, 5.74) is 0.821. The van der Waals surface area contributed by atoms with Crippen LogP contribution in [0.4, 0.5) is 18.9 Å². The summed E-state index contributed by atoms with van der Waals surface area (Å²) < 4.78 is 46.0. The molecule has 1 unspecified atom stereocenters. The van der Waals surface area contributed by atoms with E-state index in [1.54, 1.807) is 36.4 Å². The van der Waals surface area contributed by atoms with Gasteiger partial charge in [-0.1, -0.05) is 49.4 Å². The van der Waals surface area contributed by atoms with E-state index in [1.807, 2.05) is 19.1 Å². The molecule has 0 saturated carbocycles. The van der Waals surface area contributed by atoms with Gasteiger partial charge in [-0.15, -0.1) is 0 Å². The zero-order valence-corrected chi connectivity index (χ0v) is 17.5. The molecular formula is C26H18F3NO3. The first-order valence-corrected chi connectivity index (χ1v) is 10.4. The summed E-state index contributed by atoms with van der Waals surface area (Å²) in [6.45, 7) is 2.00. The molecule has 0 aliphatic carbocycles. The van der Waals surface area contributed by atoms with Gasteiger partial charge in [0.1, 0.15) is 5.58 Å². The fourth-order valence-corrected chi connectivity index (χ4v) is 4.27. The first-order chi connectivity index (χ1) is 15.8. The van der Waals surface area contributed by atoms with Gasteiger partial charge in [0.2, 0.25) is 5.76 Å². The molecule has 0 bridgehead atoms. The lowest BCUT2D eigenvalue weighted by Crippen LogP contribution is -2.29. The van der Waals surface area contributed by atoms with Crippen molar-refractivity contribution in [3.63, 3.8) is 0 Å². The molecule has 4 aromatic rings. The van der Waals surface area contributed by atoms with E-state index in [2.05, 4.69) is 0 Å². The zero-order valence-electron chi connectivity index (χ0n) is 17.5. The largest absolute Gasteiger partial charge is 0.450 e. The van der Waals surface area contributed by atoms with E-state index in [9.17, 15) is 22.8 Å². The average molecular weight is 449 g/mol. The number of carbonyl (C=O) groups excluding carboxylic acids is 1. The Balaban J connectivity index is 1.77. The quantitative estimate of drug-likeness (QED) is 0.378. The molecular weight excluding hydrogens is 431 g/mol. The molecule has 1 amide bonds. The molecule has 1 aliphatic rings. The molecule has 1 aliphatic heterocycles. The first-order valence-electron chi connectivity index (χ1n) is 10.4. The van der Waals surface area contributed by atoms with Crippen molar-refractivity contribution in [1.82, 2.24) is 0 Å². The standard InChI is InChI=1S/C26H18F3NO3/c1-2-15-10-12-16(13-11-15)22-21-23(31)19-8-3-4-9-20(19)33-24(21)25(32)30(22)18-7-5-6-17(14-18)26(27,28)29/h3-14,22H,2H2,1H3. The SMILES string of the molecule is CCc1ccc(C2c3c(oc4ccccc4c3=O)C(=O)N2c2cccc(C(F)(F)F)c2)cc1. The van der Waals surface area contributed by atoms with Crippen molar-refractivity contribution in [2.75, 3.05) is 4.90 Å². The van der Waals surface area contributed by atoms with Crippen molar-refractivity contribution < 1.29 is 22.4 Å². The van der Waals surface area contributed by atoms with Crippen LogP contribution in [0.3, 0.4) is 0 Å². The number of nitrogens with zero attached hydrogens (tertiary/aromatic N) is 1. The number of benzene rings is 3. The molecule has 7 heteroatoms. The van der Waals surface area contributed by atoms with Crippen LogP contribution in [0.5, 0.6) is 0 Å². The Morgan fingerprint density at radius 3 is 2.36 bits per heavy atom. The van der Waals surface area contributed by atoms with Gasteiger partial charge in [0.05, 0.1) is 22.6 Å². The number of hydrogen-bond donors (Lipinski definition) is 0. The number of para-hydroxylation sites is 1. The van der Waals surface area contributed by atoms with Gasteiger partial charge in [-0.2, -0.15) is 13.2 Å². The third-order valence-corrected chi connectivity index (χ3v) is 5.93. The van der Waals surface area contributed by atoms with Crippen LogP contribution in [-0.2, 0) is 12.6 Å². The molecule has 0 saturated heterocycles. The van der Waals surface area contributed by atoms with Gasteiger partial charge in [-0.3, -0.25) is 14.5 Å². The Morgan fingerprint density at radius 2 is 1.67 bits per heavy atom. The number of rotatable bonds is 3. The number of carbonyl (C=O) groups is 1. The lowest BCUT2D eigenvalue weighted by molar-refractivity contribution is -0.137. The van der Waals surface area contributed by atoms with Crippen molar-refractivity contribution in [2.45, 2.75) is 25.6 Å². The van der Waals surface area contributed by atoms with Gasteiger partial charge in [0.15, 0.2) is 5.43 Å². The smallest absolute Gasteiger partial charge is 0.416 e. The summed E-state index contributed by atoms with van der Waals surface area (Å²) in [5, 5.41) is 0.310. The van der Waals surface area contributed by atoms with Gasteiger partial charge in [-0.05, 0) is 47.9 Å². The highest BCUT2D eigenvalue weighted by Gasteiger charge is 2.44. The highest BCUT2D eigenvalue weighted by atomic mass is 19.4. The summed E-state index contributed by atoms with van der Waals surface area (Å²) in [6, 6.07) is 17.5. The second-order valence-corrected chi connectivity index (χ2v) is 7.89. The van der Waals surface area contributed by atoms with Crippen molar-refractivity contribution >= 4 is 22.6 Å². The normalized spacial score (nSPS) is 15.8. The van der Waals surface area contributed by atoms with Crippen LogP contribution in [0.2, 0.25) is 0 Å². The van der Waals surface area contributed by atoms with Crippen LogP contribution >= 0.6 is 0 Å². The summed E-state index contributed by atoms with van der Waals surface area (Å²) in [4.78, 5) is 28.1. The van der Waals surface area contributed by atoms with E-state index in [4.69, 9.17) is 4.42 Å². The number of aryl methyl sites for hydroxylation is 1. The number of alkyl halides is 3. The molecule has 166 valence electrons. The number of fused-ring (bicyclic) bond motifs is 2. The minimum absolute atomic E-state index is 0.0363. The minimum atomic E-state index is -4.58. The lowest BCUT2D eigenvalue weighted by atomic mass is 9.97. The Labute approximate surface area is 186 Å². The maximum Gasteiger partial charge on any atom is 0.416 e. The molecule has 2 heterocycles. The van der Waals surface area contributed by atoms with Crippen molar-refractivity contribution in [2.24, 2.45) is 0 Å². The summed E-state index contributed by atoms with van der Waals surface area (Å²) in [5.74, 6) is -0.808. The van der Waals surface area contributed by atoms with Crippen molar-refractivity contribution in [3.8, 4) is 0 Å². The summed E-state index contributed by atoms with van der Waals surface area (Å²) >= 11 is 0. The number of halogens is 3. The molecule has 5 rings (SSSR count). The van der Waals surface area contributed by atoms with Crippen LogP contribution in [0.15, 0.2) is 82.0 Å². The molecule has 0 N–H and O–H groups in total. The molecule has 0 spiro atoms. The van der Waals surface area contributed by atoms with Crippen LogP contribution in [-0.4, -0.2) is 5.91 Å². The van der Waals surface area contributed by atoms with E-state index in [1.165, 1.54) is 17.0 Å². The van der Waals surface area contributed by atoms with E-state index in [0.717, 1.165) is 24.1 Å². The highest BCUT2D eigenvalue weighted by molar-refractivity contribution is 6.10. The Morgan fingerprint density at radius 1 is 0.939 bits per heavy atom. The van der Waals surface area contributed by atoms with Crippen LogP contribution in [0, 0.1) is 0 Å². The number of anilines is 1. The van der Waals surface area contributed by atoms with Gasteiger partial charge in [0.25, 0.3) is 5.91 Å². The highest BCUT2D eigenvalue weighted by Crippen LogP contribution is 2.42. The van der Waals surface area contributed by atoms with Crippen LogP contribution < -0.4 is 10.3 Å². The fourth-order valence-electron chi connectivity index (χ4n) is 4.27. The second-order valence-electron chi connectivity index (χ2n) is 7.89. The molecule has 33 heavy (non-hydrogen) atoms. The Bertz CT molecular complexity index is 1440. The predicted octanol–water partition coefficient (Wildman–Crippen LogP) is 6.12. The third kappa shape index (κ3) is 3.40. The average Bonchev–Trinajstić information content (AvgIpc) is 3.11. The van der Waals surface area contributed by atoms with Gasteiger partial charge >= 0.3 is 6.18 Å². The van der Waals surface area contributed by atoms with E-state index >= 15 is 0 Å². The monoisotopic (exact) mass is 449 g/mol. The number of amides is 1. The van der Waals surface area contributed by atoms with Gasteiger partial charge in [-0.25, -0.2) is 0 Å². The zero-order chi connectivity index (χ0) is 23.3. The summed E-state index contributed by atoms with van der Waals surface area (Å²) in [7, 11) is 0. The molecule has 4 nitrogen and oxygen atoms in total. The van der Waals surface area contributed by atoms with Gasteiger partial charge < -0.3 is 4.42 Å². The van der Waals surface area contributed by atoms with Crippen molar-refractivity contribution in [1.29, 1.82) is 0 Å².